The van der Waals surface area contributed by atoms with Crippen LogP contribution in [0.2, 0.25) is 0 Å². The van der Waals surface area contributed by atoms with Gasteiger partial charge in [0.1, 0.15) is 5.75 Å². The van der Waals surface area contributed by atoms with Gasteiger partial charge < -0.3 is 15.2 Å². The molecule has 0 radical (unpaired) electrons. The smallest absolute Gasteiger partial charge is 0.341 e. The largest absolute Gasteiger partial charge is 0.482 e. The van der Waals surface area contributed by atoms with E-state index in [2.05, 4.69) is 19.2 Å². The second kappa shape index (κ2) is 9.00. The van der Waals surface area contributed by atoms with Crippen molar-refractivity contribution in [1.82, 2.24) is 0 Å². The van der Waals surface area contributed by atoms with Crippen LogP contribution in [0, 0.1) is 5.92 Å². The predicted octanol–water partition coefficient (Wildman–Crippen LogP) is 3.30. The first-order valence-electron chi connectivity index (χ1n) is 7.32. The quantitative estimate of drug-likeness (QED) is 0.732. The summed E-state index contributed by atoms with van der Waals surface area (Å²) in [7, 11) is 0. The topological polar surface area (TPSA) is 75.6 Å². The number of benzene rings is 1. The van der Waals surface area contributed by atoms with Crippen molar-refractivity contribution in [3.05, 3.63) is 24.3 Å². The number of ether oxygens (including phenoxy) is 1. The molecule has 0 heterocycles. The Morgan fingerprint density at radius 1 is 1.14 bits per heavy atom. The van der Waals surface area contributed by atoms with E-state index >= 15 is 0 Å². The molecule has 1 amide bonds. The van der Waals surface area contributed by atoms with Crippen molar-refractivity contribution in [2.24, 2.45) is 5.92 Å². The maximum Gasteiger partial charge on any atom is 0.341 e. The summed E-state index contributed by atoms with van der Waals surface area (Å²) in [6.07, 6.45) is 3.75. The van der Waals surface area contributed by atoms with Gasteiger partial charge in [0.15, 0.2) is 6.61 Å². The van der Waals surface area contributed by atoms with Gasteiger partial charge in [-0.25, -0.2) is 4.79 Å². The van der Waals surface area contributed by atoms with Crippen LogP contribution >= 0.6 is 0 Å². The number of nitrogens with one attached hydrogen (secondary N) is 1. The van der Waals surface area contributed by atoms with Gasteiger partial charge in [-0.2, -0.15) is 0 Å². The number of rotatable bonds is 9. The summed E-state index contributed by atoms with van der Waals surface area (Å²) in [5.74, 6) is -0.468. The SMILES string of the molecule is CCCC(CCC)C(=O)Nc1ccc(OCC(=O)O)cc1. The van der Waals surface area contributed by atoms with E-state index in [-0.39, 0.29) is 18.4 Å². The first-order valence-corrected chi connectivity index (χ1v) is 7.32. The van der Waals surface area contributed by atoms with Crippen LogP contribution in [0.15, 0.2) is 24.3 Å². The molecule has 0 aromatic heterocycles. The van der Waals surface area contributed by atoms with E-state index in [4.69, 9.17) is 9.84 Å². The molecule has 0 aliphatic rings. The van der Waals surface area contributed by atoms with Crippen molar-refractivity contribution >= 4 is 17.6 Å². The normalized spacial score (nSPS) is 10.4. The highest BCUT2D eigenvalue weighted by atomic mass is 16.5. The van der Waals surface area contributed by atoms with E-state index in [0.29, 0.717) is 11.4 Å². The minimum atomic E-state index is -1.02. The third-order valence-electron chi connectivity index (χ3n) is 3.13. The molecule has 0 spiro atoms. The van der Waals surface area contributed by atoms with Crippen LogP contribution in [0.1, 0.15) is 39.5 Å². The monoisotopic (exact) mass is 293 g/mol. The Morgan fingerprint density at radius 2 is 1.71 bits per heavy atom. The zero-order chi connectivity index (χ0) is 15.7. The number of carboxylic acid groups (broad SMARTS) is 1. The third-order valence-corrected chi connectivity index (χ3v) is 3.13. The van der Waals surface area contributed by atoms with Crippen LogP contribution in [0.25, 0.3) is 0 Å². The Morgan fingerprint density at radius 3 is 2.19 bits per heavy atom. The lowest BCUT2D eigenvalue weighted by Crippen LogP contribution is -2.22. The molecule has 5 nitrogen and oxygen atoms in total. The fourth-order valence-electron chi connectivity index (χ4n) is 2.13. The van der Waals surface area contributed by atoms with Gasteiger partial charge in [-0.15, -0.1) is 0 Å². The number of carbonyl (C=O) groups excluding carboxylic acids is 1. The molecule has 0 fully saturated rings. The zero-order valence-corrected chi connectivity index (χ0v) is 12.6. The summed E-state index contributed by atoms with van der Waals surface area (Å²) in [6, 6.07) is 6.72. The fraction of sp³-hybridized carbons (Fsp3) is 0.500. The standard InChI is InChI=1S/C16H23NO4/c1-3-5-12(6-4-2)16(20)17-13-7-9-14(10-8-13)21-11-15(18)19/h7-10,12H,3-6,11H2,1-2H3,(H,17,20)(H,18,19). The third kappa shape index (κ3) is 6.29. The Kier molecular flexibility index (Phi) is 7.29. The van der Waals surface area contributed by atoms with Crippen LogP contribution in [0.3, 0.4) is 0 Å². The Labute approximate surface area is 125 Å². The molecule has 5 heteroatoms. The lowest BCUT2D eigenvalue weighted by atomic mass is 9.97. The maximum atomic E-state index is 12.2. The number of hydrogen-bond donors (Lipinski definition) is 2. The molecule has 0 saturated carbocycles. The lowest BCUT2D eigenvalue weighted by molar-refractivity contribution is -0.139. The second-order valence-corrected chi connectivity index (χ2v) is 4.97. The van der Waals surface area contributed by atoms with Crippen LogP contribution in [-0.2, 0) is 9.59 Å². The second-order valence-electron chi connectivity index (χ2n) is 4.97. The minimum Gasteiger partial charge on any atom is -0.482 e. The number of amides is 1. The van der Waals surface area contributed by atoms with E-state index in [1.807, 2.05) is 0 Å². The molecule has 0 aliphatic heterocycles. The van der Waals surface area contributed by atoms with E-state index < -0.39 is 5.97 Å². The van der Waals surface area contributed by atoms with Gasteiger partial charge in [-0.1, -0.05) is 26.7 Å². The molecule has 21 heavy (non-hydrogen) atoms. The highest BCUT2D eigenvalue weighted by molar-refractivity contribution is 5.92. The molecule has 0 unspecified atom stereocenters. The van der Waals surface area contributed by atoms with Gasteiger partial charge in [-0.3, -0.25) is 4.79 Å². The minimum absolute atomic E-state index is 0.0397. The van der Waals surface area contributed by atoms with Crippen molar-refractivity contribution in [1.29, 1.82) is 0 Å². The van der Waals surface area contributed by atoms with Gasteiger partial charge in [-0.05, 0) is 37.1 Å². The Balaban J connectivity index is 2.57. The highest BCUT2D eigenvalue weighted by Crippen LogP contribution is 2.19. The van der Waals surface area contributed by atoms with Crippen molar-refractivity contribution in [2.45, 2.75) is 39.5 Å². The summed E-state index contributed by atoms with van der Waals surface area (Å²) in [5.41, 5.74) is 0.694. The van der Waals surface area contributed by atoms with Crippen molar-refractivity contribution in [2.75, 3.05) is 11.9 Å². The van der Waals surface area contributed by atoms with E-state index in [0.717, 1.165) is 25.7 Å². The maximum absolute atomic E-state index is 12.2. The van der Waals surface area contributed by atoms with Crippen molar-refractivity contribution in [3.63, 3.8) is 0 Å². The molecular weight excluding hydrogens is 270 g/mol. The average molecular weight is 293 g/mol. The molecular formula is C16H23NO4. The Hall–Kier alpha value is -2.04. The van der Waals surface area contributed by atoms with Gasteiger partial charge in [0.25, 0.3) is 0 Å². The molecule has 116 valence electrons. The van der Waals surface area contributed by atoms with Crippen LogP contribution in [0.5, 0.6) is 5.75 Å². The van der Waals surface area contributed by atoms with Gasteiger partial charge >= 0.3 is 5.97 Å². The molecule has 0 aliphatic carbocycles. The van der Waals surface area contributed by atoms with E-state index in [1.165, 1.54) is 0 Å². The van der Waals surface area contributed by atoms with E-state index in [9.17, 15) is 9.59 Å². The summed E-state index contributed by atoms with van der Waals surface area (Å²) in [5, 5.41) is 11.4. The Bertz CT molecular complexity index is 450. The molecule has 1 rings (SSSR count). The molecule has 2 N–H and O–H groups in total. The fourth-order valence-corrected chi connectivity index (χ4v) is 2.13. The number of aliphatic carboxylic acids is 1. The summed E-state index contributed by atoms with van der Waals surface area (Å²) >= 11 is 0. The van der Waals surface area contributed by atoms with Crippen molar-refractivity contribution in [3.8, 4) is 5.75 Å². The van der Waals surface area contributed by atoms with Crippen LogP contribution < -0.4 is 10.1 Å². The van der Waals surface area contributed by atoms with E-state index in [1.54, 1.807) is 24.3 Å². The zero-order valence-electron chi connectivity index (χ0n) is 12.6. The lowest BCUT2D eigenvalue weighted by Gasteiger charge is -2.15. The first-order chi connectivity index (χ1) is 10.1. The summed E-state index contributed by atoms with van der Waals surface area (Å²) in [4.78, 5) is 22.6. The number of carboxylic acids is 1. The highest BCUT2D eigenvalue weighted by Gasteiger charge is 2.16. The van der Waals surface area contributed by atoms with Crippen LogP contribution in [0.4, 0.5) is 5.69 Å². The van der Waals surface area contributed by atoms with Gasteiger partial charge in [0.05, 0.1) is 0 Å². The summed E-state index contributed by atoms with van der Waals surface area (Å²) < 4.78 is 5.04. The van der Waals surface area contributed by atoms with Gasteiger partial charge in [0, 0.05) is 11.6 Å². The predicted molar refractivity (Wildman–Crippen MR) is 81.5 cm³/mol. The first kappa shape index (κ1) is 17.0. The molecule has 1 aromatic rings. The number of carbonyl (C=O) groups is 2. The average Bonchev–Trinajstić information content (AvgIpc) is 2.46. The summed E-state index contributed by atoms with van der Waals surface area (Å²) in [6.45, 7) is 3.77. The molecule has 0 atom stereocenters. The number of hydrogen-bond acceptors (Lipinski definition) is 3. The molecule has 0 saturated heterocycles. The van der Waals surface area contributed by atoms with Crippen molar-refractivity contribution < 1.29 is 19.4 Å². The number of anilines is 1. The molecule has 1 aromatic carbocycles. The van der Waals surface area contributed by atoms with Gasteiger partial charge in [0.2, 0.25) is 5.91 Å². The molecule has 0 bridgehead atoms. The van der Waals surface area contributed by atoms with Crippen LogP contribution in [-0.4, -0.2) is 23.6 Å².